The van der Waals surface area contributed by atoms with E-state index in [0.717, 1.165) is 23.6 Å². The molecule has 0 spiro atoms. The second-order valence-electron chi connectivity index (χ2n) is 5.83. The summed E-state index contributed by atoms with van der Waals surface area (Å²) >= 11 is 0. The van der Waals surface area contributed by atoms with Crippen LogP contribution in [0.5, 0.6) is 5.75 Å². The Bertz CT molecular complexity index is 397. The van der Waals surface area contributed by atoms with Crippen LogP contribution in [0.25, 0.3) is 0 Å². The molecule has 3 rings (SSSR count). The van der Waals surface area contributed by atoms with Crippen LogP contribution in [0.3, 0.4) is 0 Å². The van der Waals surface area contributed by atoms with E-state index in [0.29, 0.717) is 6.04 Å². The molecule has 0 heterocycles. The molecular weight excluding hydrogens is 222 g/mol. The molecule has 18 heavy (non-hydrogen) atoms. The van der Waals surface area contributed by atoms with Gasteiger partial charge in [0.05, 0.1) is 7.11 Å². The Hall–Kier alpha value is -1.02. The maximum atomic E-state index is 5.46. The average Bonchev–Trinajstić information content (AvgIpc) is 3.29. The minimum Gasteiger partial charge on any atom is -0.496 e. The lowest BCUT2D eigenvalue weighted by atomic mass is 10.0. The third-order valence-electron chi connectivity index (χ3n) is 4.31. The van der Waals surface area contributed by atoms with Gasteiger partial charge in [-0.3, -0.25) is 0 Å². The fourth-order valence-electron chi connectivity index (χ4n) is 2.97. The number of nitrogens with one attached hydrogen (secondary N) is 1. The molecule has 0 bridgehead atoms. The third kappa shape index (κ3) is 2.54. The minimum atomic E-state index is 0.382. The maximum absolute atomic E-state index is 5.46. The van der Waals surface area contributed by atoms with Gasteiger partial charge in [0, 0.05) is 17.6 Å². The SMILES string of the molecule is COc1ccccc1C(C)NC(C1CC1)C1CC1. The molecule has 2 saturated carbocycles. The van der Waals surface area contributed by atoms with Crippen LogP contribution < -0.4 is 10.1 Å². The van der Waals surface area contributed by atoms with Crippen molar-refractivity contribution in [1.29, 1.82) is 0 Å². The zero-order valence-electron chi connectivity index (χ0n) is 11.4. The smallest absolute Gasteiger partial charge is 0.123 e. The summed E-state index contributed by atoms with van der Waals surface area (Å²) in [7, 11) is 1.75. The van der Waals surface area contributed by atoms with E-state index in [2.05, 4.69) is 30.4 Å². The summed E-state index contributed by atoms with van der Waals surface area (Å²) in [5.74, 6) is 2.88. The van der Waals surface area contributed by atoms with E-state index in [4.69, 9.17) is 4.74 Å². The Kier molecular flexibility index (Phi) is 3.29. The first kappa shape index (κ1) is 12.0. The van der Waals surface area contributed by atoms with Gasteiger partial charge in [0.1, 0.15) is 5.75 Å². The van der Waals surface area contributed by atoms with Crippen LogP contribution in [0.1, 0.15) is 44.2 Å². The highest BCUT2D eigenvalue weighted by atomic mass is 16.5. The molecule has 2 fully saturated rings. The highest BCUT2D eigenvalue weighted by Crippen LogP contribution is 2.45. The molecule has 2 aliphatic carbocycles. The van der Waals surface area contributed by atoms with E-state index >= 15 is 0 Å². The first-order chi connectivity index (χ1) is 8.79. The lowest BCUT2D eigenvalue weighted by Gasteiger charge is -2.24. The first-order valence-electron chi connectivity index (χ1n) is 7.18. The average molecular weight is 245 g/mol. The molecule has 1 N–H and O–H groups in total. The molecule has 1 aromatic carbocycles. The van der Waals surface area contributed by atoms with E-state index in [9.17, 15) is 0 Å². The first-order valence-corrected chi connectivity index (χ1v) is 7.18. The summed E-state index contributed by atoms with van der Waals surface area (Å²) in [5.41, 5.74) is 1.28. The summed E-state index contributed by atoms with van der Waals surface area (Å²) in [6.45, 7) is 2.26. The summed E-state index contributed by atoms with van der Waals surface area (Å²) in [6, 6.07) is 9.48. The van der Waals surface area contributed by atoms with Gasteiger partial charge in [-0.2, -0.15) is 0 Å². The van der Waals surface area contributed by atoms with Crippen LogP contribution >= 0.6 is 0 Å². The molecular formula is C16H23NO. The molecule has 98 valence electrons. The van der Waals surface area contributed by atoms with Crippen LogP contribution in [0.2, 0.25) is 0 Å². The highest BCUT2D eigenvalue weighted by Gasteiger charge is 2.41. The minimum absolute atomic E-state index is 0.382. The van der Waals surface area contributed by atoms with Gasteiger partial charge >= 0.3 is 0 Å². The number of hydrogen-bond donors (Lipinski definition) is 1. The van der Waals surface area contributed by atoms with Crippen LogP contribution in [0.15, 0.2) is 24.3 Å². The molecule has 1 aromatic rings. The van der Waals surface area contributed by atoms with Crippen molar-refractivity contribution in [2.45, 2.75) is 44.7 Å². The zero-order valence-corrected chi connectivity index (χ0v) is 11.4. The zero-order chi connectivity index (χ0) is 12.5. The number of rotatable bonds is 6. The van der Waals surface area contributed by atoms with Crippen molar-refractivity contribution in [3.05, 3.63) is 29.8 Å². The second kappa shape index (κ2) is 4.93. The van der Waals surface area contributed by atoms with Crippen molar-refractivity contribution in [3.63, 3.8) is 0 Å². The summed E-state index contributed by atoms with van der Waals surface area (Å²) in [4.78, 5) is 0. The maximum Gasteiger partial charge on any atom is 0.123 e. The number of para-hydroxylation sites is 1. The van der Waals surface area contributed by atoms with Crippen molar-refractivity contribution in [2.75, 3.05) is 7.11 Å². The molecule has 0 amide bonds. The Balaban J connectivity index is 1.70. The summed E-state index contributed by atoms with van der Waals surface area (Å²) in [5, 5.41) is 3.85. The normalized spacial score (nSPS) is 21.1. The quantitative estimate of drug-likeness (QED) is 0.827. The van der Waals surface area contributed by atoms with Crippen molar-refractivity contribution in [2.24, 2.45) is 11.8 Å². The van der Waals surface area contributed by atoms with E-state index < -0.39 is 0 Å². The Morgan fingerprint density at radius 1 is 1.11 bits per heavy atom. The van der Waals surface area contributed by atoms with Crippen molar-refractivity contribution < 1.29 is 4.74 Å². The van der Waals surface area contributed by atoms with Gasteiger partial charge < -0.3 is 10.1 Å². The Morgan fingerprint density at radius 3 is 2.28 bits per heavy atom. The molecule has 2 heteroatoms. The van der Waals surface area contributed by atoms with Gasteiger partial charge in [0.25, 0.3) is 0 Å². The molecule has 2 aliphatic rings. The molecule has 2 nitrogen and oxygen atoms in total. The summed E-state index contributed by atoms with van der Waals surface area (Å²) in [6.07, 6.45) is 5.69. The Morgan fingerprint density at radius 2 is 1.72 bits per heavy atom. The number of methoxy groups -OCH3 is 1. The number of benzene rings is 1. The van der Waals surface area contributed by atoms with E-state index in [-0.39, 0.29) is 0 Å². The van der Waals surface area contributed by atoms with Gasteiger partial charge in [-0.1, -0.05) is 18.2 Å². The van der Waals surface area contributed by atoms with E-state index in [1.807, 2.05) is 6.07 Å². The molecule has 1 unspecified atom stereocenters. The van der Waals surface area contributed by atoms with Crippen LogP contribution in [0.4, 0.5) is 0 Å². The predicted octanol–water partition coefficient (Wildman–Crippen LogP) is 3.53. The lowest BCUT2D eigenvalue weighted by Crippen LogP contribution is -2.35. The van der Waals surface area contributed by atoms with Crippen LogP contribution in [-0.4, -0.2) is 13.2 Å². The van der Waals surface area contributed by atoms with Gasteiger partial charge in [0.15, 0.2) is 0 Å². The largest absolute Gasteiger partial charge is 0.496 e. The predicted molar refractivity (Wildman–Crippen MR) is 73.8 cm³/mol. The molecule has 0 aromatic heterocycles. The van der Waals surface area contributed by atoms with Gasteiger partial charge in [-0.05, 0) is 50.5 Å². The monoisotopic (exact) mass is 245 g/mol. The van der Waals surface area contributed by atoms with Crippen molar-refractivity contribution in [3.8, 4) is 5.75 Å². The fourth-order valence-corrected chi connectivity index (χ4v) is 2.97. The number of hydrogen-bond acceptors (Lipinski definition) is 2. The molecule has 0 saturated heterocycles. The van der Waals surface area contributed by atoms with Crippen molar-refractivity contribution >= 4 is 0 Å². The number of ether oxygens (including phenoxy) is 1. The van der Waals surface area contributed by atoms with Crippen LogP contribution in [0, 0.1) is 11.8 Å². The van der Waals surface area contributed by atoms with Crippen LogP contribution in [-0.2, 0) is 0 Å². The van der Waals surface area contributed by atoms with E-state index in [1.54, 1.807) is 7.11 Å². The third-order valence-corrected chi connectivity index (χ3v) is 4.31. The van der Waals surface area contributed by atoms with E-state index in [1.165, 1.54) is 31.2 Å². The van der Waals surface area contributed by atoms with Gasteiger partial charge in [-0.15, -0.1) is 0 Å². The van der Waals surface area contributed by atoms with Gasteiger partial charge in [-0.25, -0.2) is 0 Å². The molecule has 1 atom stereocenters. The fraction of sp³-hybridized carbons (Fsp3) is 0.625. The second-order valence-corrected chi connectivity index (χ2v) is 5.83. The van der Waals surface area contributed by atoms with Crippen molar-refractivity contribution in [1.82, 2.24) is 5.32 Å². The van der Waals surface area contributed by atoms with Gasteiger partial charge in [0.2, 0.25) is 0 Å². The Labute approximate surface area is 110 Å². The highest BCUT2D eigenvalue weighted by molar-refractivity contribution is 5.35. The lowest BCUT2D eigenvalue weighted by molar-refractivity contribution is 0.361. The molecule has 0 aliphatic heterocycles. The summed E-state index contributed by atoms with van der Waals surface area (Å²) < 4.78 is 5.46. The molecule has 0 radical (unpaired) electrons. The topological polar surface area (TPSA) is 21.3 Å². The standard InChI is InChI=1S/C16H23NO/c1-11(14-5-3-4-6-15(14)18-2)17-16(12-7-8-12)13-9-10-13/h3-6,11-13,16-17H,7-10H2,1-2H3.